The summed E-state index contributed by atoms with van der Waals surface area (Å²) in [6.07, 6.45) is 18.9. The maximum Gasteiger partial charge on any atom is 0.305 e. The molecule has 0 fully saturated rings. The van der Waals surface area contributed by atoms with Gasteiger partial charge in [0.2, 0.25) is 0 Å². The molecule has 0 N–H and O–H groups in total. The van der Waals surface area contributed by atoms with Crippen LogP contribution in [0.1, 0.15) is 124 Å². The first-order valence-electron chi connectivity index (χ1n) is 12.4. The average molecular weight is 429 g/mol. The third-order valence-corrected chi connectivity index (χ3v) is 11.0. The summed E-state index contributed by atoms with van der Waals surface area (Å²) in [6, 6.07) is 0. The lowest BCUT2D eigenvalue weighted by molar-refractivity contribution is -0.140. The van der Waals surface area contributed by atoms with Crippen LogP contribution in [0.15, 0.2) is 0 Å². The summed E-state index contributed by atoms with van der Waals surface area (Å²) in [5, 5.41) is 0.306. The van der Waals surface area contributed by atoms with Gasteiger partial charge >= 0.3 is 5.97 Å². The molecule has 0 saturated heterocycles. The molecule has 1 unspecified atom stereocenters. The lowest BCUT2D eigenvalue weighted by Gasteiger charge is -2.39. The third kappa shape index (κ3) is 15.1. The zero-order valence-electron chi connectivity index (χ0n) is 20.9. The zero-order valence-corrected chi connectivity index (χ0v) is 21.9. The number of rotatable bonds is 18. The second-order valence-corrected chi connectivity index (χ2v) is 15.0. The Morgan fingerprint density at radius 3 is 1.66 bits per heavy atom. The minimum absolute atomic E-state index is 0.0717. The quantitative estimate of drug-likeness (QED) is 0.125. The normalized spacial score (nSPS) is 13.5. The molecule has 29 heavy (non-hydrogen) atoms. The molecular formula is C25H52O3Si. The van der Waals surface area contributed by atoms with Crippen LogP contribution >= 0.6 is 0 Å². The fourth-order valence-corrected chi connectivity index (χ4v) is 4.93. The molecule has 0 amide bonds. The van der Waals surface area contributed by atoms with E-state index in [4.69, 9.17) is 4.43 Å². The molecule has 0 bridgehead atoms. The van der Waals surface area contributed by atoms with E-state index in [1.54, 1.807) is 0 Å². The summed E-state index contributed by atoms with van der Waals surface area (Å²) in [5.74, 6) is -0.0717. The maximum absolute atomic E-state index is 11.0. The van der Waals surface area contributed by atoms with Crippen molar-refractivity contribution in [2.24, 2.45) is 0 Å². The lowest BCUT2D eigenvalue weighted by atomic mass is 10.0. The molecule has 1 atom stereocenters. The number of methoxy groups -OCH3 is 1. The molecule has 0 aromatic heterocycles. The van der Waals surface area contributed by atoms with E-state index in [1.165, 1.54) is 84.2 Å². The zero-order chi connectivity index (χ0) is 22.2. The van der Waals surface area contributed by atoms with E-state index in [0.29, 0.717) is 17.6 Å². The topological polar surface area (TPSA) is 35.5 Å². The van der Waals surface area contributed by atoms with Crippen molar-refractivity contribution in [2.45, 2.75) is 148 Å². The fraction of sp³-hybridized carbons (Fsp3) is 0.960. The molecule has 0 saturated carbocycles. The number of carbonyl (C=O) groups is 1. The van der Waals surface area contributed by atoms with Gasteiger partial charge in [-0.2, -0.15) is 0 Å². The van der Waals surface area contributed by atoms with Crippen LogP contribution in [-0.2, 0) is 14.0 Å². The Balaban J connectivity index is 3.65. The van der Waals surface area contributed by atoms with Crippen LogP contribution in [0.3, 0.4) is 0 Å². The minimum Gasteiger partial charge on any atom is -0.469 e. The van der Waals surface area contributed by atoms with Crippen molar-refractivity contribution in [3.05, 3.63) is 0 Å². The number of esters is 1. The summed E-state index contributed by atoms with van der Waals surface area (Å²) in [6.45, 7) is 14.1. The van der Waals surface area contributed by atoms with Gasteiger partial charge in [-0.25, -0.2) is 0 Å². The molecule has 0 radical (unpaired) electrons. The molecule has 0 aromatic rings. The highest BCUT2D eigenvalue weighted by molar-refractivity contribution is 6.74. The van der Waals surface area contributed by atoms with Gasteiger partial charge in [0.15, 0.2) is 8.32 Å². The monoisotopic (exact) mass is 428 g/mol. The molecule has 0 spiro atoms. The summed E-state index contributed by atoms with van der Waals surface area (Å²) >= 11 is 0. The van der Waals surface area contributed by atoms with E-state index < -0.39 is 8.32 Å². The Morgan fingerprint density at radius 1 is 0.793 bits per heavy atom. The first kappa shape index (κ1) is 28.6. The summed E-state index contributed by atoms with van der Waals surface area (Å²) < 4.78 is 11.3. The summed E-state index contributed by atoms with van der Waals surface area (Å²) in [5.41, 5.74) is 0. The number of carbonyl (C=O) groups excluding carboxylic acids is 1. The van der Waals surface area contributed by atoms with Crippen LogP contribution in [0, 0.1) is 0 Å². The SMILES string of the molecule is CCCC(CCCCCCCCCCCCCC(=O)OC)O[Si](C)(C)C(C)(C)C. The Kier molecular flexibility index (Phi) is 16.2. The molecule has 3 nitrogen and oxygen atoms in total. The predicted octanol–water partition coefficient (Wildman–Crippen LogP) is 8.42. The number of ether oxygens (including phenoxy) is 1. The highest BCUT2D eigenvalue weighted by Gasteiger charge is 2.38. The number of hydrogen-bond donors (Lipinski definition) is 0. The van der Waals surface area contributed by atoms with Crippen molar-refractivity contribution < 1.29 is 14.0 Å². The standard InChI is InChI=1S/C25H52O3Si/c1-8-20-23(28-29(6,7)25(2,3)4)21-18-16-14-12-10-9-11-13-15-17-19-22-24(26)27-5/h23H,8-22H2,1-7H3. The molecule has 0 heterocycles. The fourth-order valence-electron chi connectivity index (χ4n) is 3.51. The molecule has 0 aliphatic heterocycles. The average Bonchev–Trinajstić information content (AvgIpc) is 2.64. The van der Waals surface area contributed by atoms with E-state index in [0.717, 1.165) is 12.8 Å². The molecule has 0 rings (SSSR count). The van der Waals surface area contributed by atoms with Gasteiger partial charge in [-0.1, -0.05) is 98.3 Å². The van der Waals surface area contributed by atoms with Crippen molar-refractivity contribution in [3.63, 3.8) is 0 Å². The maximum atomic E-state index is 11.0. The molecule has 174 valence electrons. The van der Waals surface area contributed by atoms with Gasteiger partial charge in [-0.15, -0.1) is 0 Å². The van der Waals surface area contributed by atoms with Gasteiger partial charge < -0.3 is 9.16 Å². The molecule has 0 aliphatic carbocycles. The van der Waals surface area contributed by atoms with Crippen molar-refractivity contribution >= 4 is 14.3 Å². The van der Waals surface area contributed by atoms with Gasteiger partial charge in [0.1, 0.15) is 0 Å². The first-order chi connectivity index (χ1) is 13.6. The predicted molar refractivity (Wildman–Crippen MR) is 129 cm³/mol. The van der Waals surface area contributed by atoms with Crippen molar-refractivity contribution in [1.29, 1.82) is 0 Å². The van der Waals surface area contributed by atoms with Crippen molar-refractivity contribution in [1.82, 2.24) is 0 Å². The Bertz CT molecular complexity index is 401. The largest absolute Gasteiger partial charge is 0.469 e. The van der Waals surface area contributed by atoms with Crippen molar-refractivity contribution in [2.75, 3.05) is 7.11 Å². The molecule has 0 aliphatic rings. The second kappa shape index (κ2) is 16.4. The molecular weight excluding hydrogens is 376 g/mol. The minimum atomic E-state index is -1.64. The van der Waals surface area contributed by atoms with Crippen LogP contribution in [0.4, 0.5) is 0 Å². The van der Waals surface area contributed by atoms with Gasteiger partial charge in [0.25, 0.3) is 0 Å². The van der Waals surface area contributed by atoms with E-state index in [1.807, 2.05) is 0 Å². The summed E-state index contributed by atoms with van der Waals surface area (Å²) in [4.78, 5) is 11.0. The van der Waals surface area contributed by atoms with E-state index in [2.05, 4.69) is 45.5 Å². The van der Waals surface area contributed by atoms with Gasteiger partial charge in [-0.3, -0.25) is 4.79 Å². The lowest BCUT2D eigenvalue weighted by Crippen LogP contribution is -2.43. The third-order valence-electron chi connectivity index (χ3n) is 6.51. The van der Waals surface area contributed by atoms with Gasteiger partial charge in [-0.05, 0) is 37.4 Å². The van der Waals surface area contributed by atoms with Crippen LogP contribution in [0.25, 0.3) is 0 Å². The van der Waals surface area contributed by atoms with Crippen LogP contribution in [0.5, 0.6) is 0 Å². The van der Waals surface area contributed by atoms with Crippen LogP contribution in [0.2, 0.25) is 18.1 Å². The second-order valence-electron chi connectivity index (χ2n) is 10.3. The summed E-state index contributed by atoms with van der Waals surface area (Å²) in [7, 11) is -0.171. The van der Waals surface area contributed by atoms with E-state index >= 15 is 0 Å². The highest BCUT2D eigenvalue weighted by atomic mass is 28.4. The Morgan fingerprint density at radius 2 is 1.24 bits per heavy atom. The number of hydrogen-bond acceptors (Lipinski definition) is 3. The van der Waals surface area contributed by atoms with Gasteiger partial charge in [0, 0.05) is 12.5 Å². The van der Waals surface area contributed by atoms with E-state index in [9.17, 15) is 4.79 Å². The van der Waals surface area contributed by atoms with Crippen LogP contribution < -0.4 is 0 Å². The first-order valence-corrected chi connectivity index (χ1v) is 15.3. The van der Waals surface area contributed by atoms with Crippen molar-refractivity contribution in [3.8, 4) is 0 Å². The molecule has 4 heteroatoms. The van der Waals surface area contributed by atoms with Crippen LogP contribution in [-0.4, -0.2) is 27.5 Å². The molecule has 0 aromatic carbocycles. The Hall–Kier alpha value is -0.353. The van der Waals surface area contributed by atoms with Gasteiger partial charge in [0.05, 0.1) is 7.11 Å². The Labute approximate surface area is 183 Å². The highest BCUT2D eigenvalue weighted by Crippen LogP contribution is 2.38. The van der Waals surface area contributed by atoms with E-state index in [-0.39, 0.29) is 5.97 Å². The number of unbranched alkanes of at least 4 members (excludes halogenated alkanes) is 10. The smallest absolute Gasteiger partial charge is 0.305 e.